The monoisotopic (exact) mass is 224 g/mol. The van der Waals surface area contributed by atoms with Gasteiger partial charge in [-0.3, -0.25) is 4.79 Å². The zero-order valence-electron chi connectivity index (χ0n) is 8.74. The van der Waals surface area contributed by atoms with E-state index in [4.69, 9.17) is 0 Å². The molecule has 3 heteroatoms. The second-order valence-electron chi connectivity index (χ2n) is 4.39. The summed E-state index contributed by atoms with van der Waals surface area (Å²) in [5.74, 6) is 0.301. The molecule has 0 atom stereocenters. The minimum Gasteiger partial charge on any atom is -0.390 e. The number of ketones is 1. The number of aryl methyl sites for hydroxylation is 1. The van der Waals surface area contributed by atoms with Gasteiger partial charge in [-0.25, -0.2) is 0 Å². The van der Waals surface area contributed by atoms with Gasteiger partial charge in [0.15, 0.2) is 0 Å². The lowest BCUT2D eigenvalue weighted by molar-refractivity contribution is -0.125. The van der Waals surface area contributed by atoms with Gasteiger partial charge >= 0.3 is 0 Å². The molecule has 0 aliphatic heterocycles. The van der Waals surface area contributed by atoms with Gasteiger partial charge in [0.1, 0.15) is 5.78 Å². The summed E-state index contributed by atoms with van der Waals surface area (Å²) >= 11 is 1.69. The molecule has 1 heterocycles. The van der Waals surface area contributed by atoms with Crippen molar-refractivity contribution in [3.8, 4) is 0 Å². The number of hydrogen-bond acceptors (Lipinski definition) is 3. The molecule has 0 radical (unpaired) electrons. The zero-order chi connectivity index (χ0) is 10.7. The molecule has 0 aromatic carbocycles. The lowest BCUT2D eigenvalue weighted by Gasteiger charge is -2.31. The molecule has 82 valence electrons. The van der Waals surface area contributed by atoms with Gasteiger partial charge in [-0.1, -0.05) is 0 Å². The quantitative estimate of drug-likeness (QED) is 0.856. The van der Waals surface area contributed by atoms with E-state index in [0.717, 1.165) is 12.8 Å². The average Bonchev–Trinajstić information content (AvgIpc) is 2.73. The fourth-order valence-corrected chi connectivity index (χ4v) is 2.76. The highest BCUT2D eigenvalue weighted by Gasteiger charge is 2.31. The fourth-order valence-electron chi connectivity index (χ4n) is 2.06. The maximum Gasteiger partial charge on any atom is 0.133 e. The first kappa shape index (κ1) is 10.8. The van der Waals surface area contributed by atoms with E-state index in [1.165, 1.54) is 5.56 Å². The summed E-state index contributed by atoms with van der Waals surface area (Å²) < 4.78 is 0. The molecule has 1 fully saturated rings. The van der Waals surface area contributed by atoms with Crippen molar-refractivity contribution in [3.05, 3.63) is 22.4 Å². The smallest absolute Gasteiger partial charge is 0.133 e. The zero-order valence-corrected chi connectivity index (χ0v) is 9.55. The third-order valence-corrected chi connectivity index (χ3v) is 3.93. The molecular weight excluding hydrogens is 208 g/mol. The van der Waals surface area contributed by atoms with Crippen LogP contribution in [0.15, 0.2) is 16.8 Å². The predicted molar refractivity (Wildman–Crippen MR) is 61.1 cm³/mol. The Balaban J connectivity index is 1.85. The lowest BCUT2D eigenvalue weighted by Crippen LogP contribution is -2.34. The number of hydrogen-bond donors (Lipinski definition) is 1. The number of Topliss-reactive ketones (excluding diaryl/α,β-unsaturated/α-hetero) is 1. The summed E-state index contributed by atoms with van der Waals surface area (Å²) in [7, 11) is 0. The van der Waals surface area contributed by atoms with Crippen LogP contribution in [-0.4, -0.2) is 16.5 Å². The summed E-state index contributed by atoms with van der Waals surface area (Å²) in [6.07, 6.45) is 4.12. The van der Waals surface area contributed by atoms with Crippen LogP contribution in [0.5, 0.6) is 0 Å². The molecule has 2 nitrogen and oxygen atoms in total. The van der Waals surface area contributed by atoms with E-state index in [2.05, 4.69) is 16.8 Å². The maximum absolute atomic E-state index is 11.1. The Bertz CT molecular complexity index is 319. The van der Waals surface area contributed by atoms with Gasteiger partial charge < -0.3 is 5.11 Å². The molecule has 0 spiro atoms. The number of aliphatic hydroxyl groups is 1. The Hall–Kier alpha value is -0.670. The molecule has 1 saturated carbocycles. The fraction of sp³-hybridized carbons (Fsp3) is 0.583. The number of carbonyl (C=O) groups excluding carboxylic acids is 1. The van der Waals surface area contributed by atoms with Gasteiger partial charge in [-0.15, -0.1) is 0 Å². The number of carbonyl (C=O) groups is 1. The molecule has 2 rings (SSSR count). The predicted octanol–water partition coefficient (Wildman–Crippen LogP) is 2.55. The van der Waals surface area contributed by atoms with Crippen molar-refractivity contribution in [2.24, 2.45) is 0 Å². The molecule has 0 bridgehead atoms. The van der Waals surface area contributed by atoms with Gasteiger partial charge in [0.25, 0.3) is 0 Å². The van der Waals surface area contributed by atoms with Crippen LogP contribution in [0.1, 0.15) is 37.7 Å². The molecule has 1 N–H and O–H groups in total. The van der Waals surface area contributed by atoms with Crippen LogP contribution in [0.4, 0.5) is 0 Å². The van der Waals surface area contributed by atoms with Crippen LogP contribution < -0.4 is 0 Å². The van der Waals surface area contributed by atoms with E-state index >= 15 is 0 Å². The van der Waals surface area contributed by atoms with Crippen LogP contribution in [0, 0.1) is 0 Å². The van der Waals surface area contributed by atoms with E-state index in [1.54, 1.807) is 11.3 Å². The Labute approximate surface area is 93.9 Å². The molecule has 1 aliphatic rings. The Morgan fingerprint density at radius 1 is 1.40 bits per heavy atom. The molecule has 1 aromatic heterocycles. The van der Waals surface area contributed by atoms with Crippen LogP contribution >= 0.6 is 11.3 Å². The van der Waals surface area contributed by atoms with Gasteiger partial charge in [0.05, 0.1) is 5.60 Å². The summed E-state index contributed by atoms with van der Waals surface area (Å²) in [5, 5.41) is 14.4. The summed E-state index contributed by atoms with van der Waals surface area (Å²) in [5.41, 5.74) is 0.709. The van der Waals surface area contributed by atoms with Crippen molar-refractivity contribution < 1.29 is 9.90 Å². The first-order valence-corrected chi connectivity index (χ1v) is 6.37. The van der Waals surface area contributed by atoms with Crippen molar-refractivity contribution in [2.45, 2.75) is 44.1 Å². The maximum atomic E-state index is 11.1. The summed E-state index contributed by atoms with van der Waals surface area (Å²) in [4.78, 5) is 11.1. The Morgan fingerprint density at radius 3 is 2.73 bits per heavy atom. The lowest BCUT2D eigenvalue weighted by atomic mass is 9.80. The topological polar surface area (TPSA) is 37.3 Å². The van der Waals surface area contributed by atoms with E-state index in [-0.39, 0.29) is 0 Å². The highest BCUT2D eigenvalue weighted by Crippen LogP contribution is 2.30. The normalized spacial score (nSPS) is 20.5. The summed E-state index contributed by atoms with van der Waals surface area (Å²) in [6.45, 7) is 0. The standard InChI is InChI=1S/C12H16O2S/c13-11-2-6-12(14,7-3-11)5-1-10-4-8-15-9-10/h4,8-9,14H,1-3,5-7H2. The molecule has 0 saturated heterocycles. The van der Waals surface area contributed by atoms with Crippen molar-refractivity contribution in [2.75, 3.05) is 0 Å². The largest absolute Gasteiger partial charge is 0.390 e. The van der Waals surface area contributed by atoms with Gasteiger partial charge in [0.2, 0.25) is 0 Å². The second-order valence-corrected chi connectivity index (χ2v) is 5.17. The van der Waals surface area contributed by atoms with E-state index in [1.807, 2.05) is 0 Å². The summed E-state index contributed by atoms with van der Waals surface area (Å²) in [6, 6.07) is 2.10. The minimum atomic E-state index is -0.587. The highest BCUT2D eigenvalue weighted by molar-refractivity contribution is 7.07. The highest BCUT2D eigenvalue weighted by atomic mass is 32.1. The molecular formula is C12H16O2S. The molecule has 1 aliphatic carbocycles. The van der Waals surface area contributed by atoms with Crippen LogP contribution in [0.25, 0.3) is 0 Å². The number of rotatable bonds is 3. The van der Waals surface area contributed by atoms with Crippen molar-refractivity contribution in [1.29, 1.82) is 0 Å². The SMILES string of the molecule is O=C1CCC(O)(CCc2ccsc2)CC1. The van der Waals surface area contributed by atoms with E-state index < -0.39 is 5.60 Å². The van der Waals surface area contributed by atoms with Gasteiger partial charge in [-0.2, -0.15) is 11.3 Å². The van der Waals surface area contributed by atoms with Crippen LogP contribution in [0.3, 0.4) is 0 Å². The van der Waals surface area contributed by atoms with Gasteiger partial charge in [0, 0.05) is 12.8 Å². The van der Waals surface area contributed by atoms with E-state index in [9.17, 15) is 9.90 Å². The molecule has 15 heavy (non-hydrogen) atoms. The third-order valence-electron chi connectivity index (χ3n) is 3.20. The minimum absolute atomic E-state index is 0.301. The average molecular weight is 224 g/mol. The number of thiophene rings is 1. The molecule has 1 aromatic rings. The van der Waals surface area contributed by atoms with Gasteiger partial charge in [-0.05, 0) is 48.1 Å². The van der Waals surface area contributed by atoms with E-state index in [0.29, 0.717) is 31.5 Å². The molecule has 0 amide bonds. The van der Waals surface area contributed by atoms with Crippen molar-refractivity contribution >= 4 is 17.1 Å². The van der Waals surface area contributed by atoms with Crippen LogP contribution in [-0.2, 0) is 11.2 Å². The van der Waals surface area contributed by atoms with Crippen molar-refractivity contribution in [3.63, 3.8) is 0 Å². The van der Waals surface area contributed by atoms with Crippen molar-refractivity contribution in [1.82, 2.24) is 0 Å². The second kappa shape index (κ2) is 4.45. The van der Waals surface area contributed by atoms with Crippen LogP contribution in [0.2, 0.25) is 0 Å². The first-order valence-electron chi connectivity index (χ1n) is 5.43. The third kappa shape index (κ3) is 2.89. The molecule has 0 unspecified atom stereocenters. The first-order chi connectivity index (χ1) is 7.18. The Morgan fingerprint density at radius 2 is 2.13 bits per heavy atom. The Kier molecular flexibility index (Phi) is 3.22.